The van der Waals surface area contributed by atoms with Crippen LogP contribution in [0.2, 0.25) is 0 Å². The van der Waals surface area contributed by atoms with Gasteiger partial charge in [-0.05, 0) is 18.2 Å². The second-order valence-electron chi connectivity index (χ2n) is 3.98. The summed E-state index contributed by atoms with van der Waals surface area (Å²) in [5.41, 5.74) is 0. The fourth-order valence-corrected chi connectivity index (χ4v) is 1.69. The number of unbranched alkanes of at least 4 members (excludes halogenated alkanes) is 7. The highest BCUT2D eigenvalue weighted by atomic mass is 35.5. The van der Waals surface area contributed by atoms with Crippen LogP contribution in [0, 0.1) is 0 Å². The average Bonchev–Trinajstić information content (AvgIpc) is 2.21. The maximum Gasteiger partial charge on any atom is 0.0138 e. The van der Waals surface area contributed by atoms with Crippen LogP contribution in [-0.4, -0.2) is 17.5 Å². The Bertz CT molecular complexity index is 106. The van der Waals surface area contributed by atoms with Crippen LogP contribution >= 0.6 is 11.8 Å². The Morgan fingerprint density at radius 2 is 1.29 bits per heavy atom. The SMILES string of the molecule is CCCCCCCCCCN(Cl)CC. The fourth-order valence-electron chi connectivity index (χ4n) is 1.58. The van der Waals surface area contributed by atoms with E-state index in [4.69, 9.17) is 11.8 Å². The number of hydrogen-bond acceptors (Lipinski definition) is 1. The molecule has 0 heterocycles. The molecule has 0 amide bonds. The van der Waals surface area contributed by atoms with E-state index in [2.05, 4.69) is 13.8 Å². The summed E-state index contributed by atoms with van der Waals surface area (Å²) in [5, 5.41) is 0. The molecule has 0 aliphatic heterocycles. The monoisotopic (exact) mass is 219 g/mol. The van der Waals surface area contributed by atoms with Gasteiger partial charge in [-0.2, -0.15) is 0 Å². The quantitative estimate of drug-likeness (QED) is 0.383. The van der Waals surface area contributed by atoms with Gasteiger partial charge in [0.15, 0.2) is 0 Å². The van der Waals surface area contributed by atoms with Gasteiger partial charge in [0.05, 0.1) is 0 Å². The molecule has 0 unspecified atom stereocenters. The van der Waals surface area contributed by atoms with E-state index in [1.165, 1.54) is 51.4 Å². The third-order valence-corrected chi connectivity index (χ3v) is 3.01. The van der Waals surface area contributed by atoms with Crippen molar-refractivity contribution >= 4 is 11.8 Å². The first kappa shape index (κ1) is 14.2. The number of halogens is 1. The highest BCUT2D eigenvalue weighted by molar-refractivity contribution is 6.13. The van der Waals surface area contributed by atoms with Crippen LogP contribution in [0.4, 0.5) is 0 Å². The molecular formula is C12H26ClN. The summed E-state index contributed by atoms with van der Waals surface area (Å²) in [7, 11) is 0. The zero-order valence-corrected chi connectivity index (χ0v) is 10.7. The summed E-state index contributed by atoms with van der Waals surface area (Å²) in [6.07, 6.45) is 11.0. The lowest BCUT2D eigenvalue weighted by Crippen LogP contribution is -2.12. The third-order valence-electron chi connectivity index (χ3n) is 2.60. The molecule has 14 heavy (non-hydrogen) atoms. The van der Waals surface area contributed by atoms with Crippen molar-refractivity contribution in [3.05, 3.63) is 0 Å². The van der Waals surface area contributed by atoms with Crippen molar-refractivity contribution in [2.75, 3.05) is 13.1 Å². The first-order chi connectivity index (χ1) is 6.81. The molecule has 0 bridgehead atoms. The molecule has 0 aromatic heterocycles. The molecule has 0 saturated heterocycles. The zero-order valence-electron chi connectivity index (χ0n) is 9.90. The smallest absolute Gasteiger partial charge is 0.0138 e. The molecule has 0 radical (unpaired) electrons. The van der Waals surface area contributed by atoms with Gasteiger partial charge in [-0.1, -0.05) is 58.8 Å². The van der Waals surface area contributed by atoms with E-state index in [-0.39, 0.29) is 0 Å². The molecule has 0 rings (SSSR count). The molecule has 0 N–H and O–H groups in total. The number of nitrogens with zero attached hydrogens (tertiary/aromatic N) is 1. The van der Waals surface area contributed by atoms with Crippen molar-refractivity contribution in [2.45, 2.75) is 65.2 Å². The van der Waals surface area contributed by atoms with Gasteiger partial charge in [0, 0.05) is 13.1 Å². The number of rotatable bonds is 10. The third kappa shape index (κ3) is 10.3. The second kappa shape index (κ2) is 11.3. The Kier molecular flexibility index (Phi) is 11.5. The molecule has 0 fully saturated rings. The van der Waals surface area contributed by atoms with Crippen molar-refractivity contribution in [1.29, 1.82) is 0 Å². The van der Waals surface area contributed by atoms with Gasteiger partial charge in [0.25, 0.3) is 0 Å². The van der Waals surface area contributed by atoms with Crippen molar-refractivity contribution in [1.82, 2.24) is 4.42 Å². The minimum atomic E-state index is 0.956. The lowest BCUT2D eigenvalue weighted by Gasteiger charge is -2.09. The maximum absolute atomic E-state index is 5.88. The summed E-state index contributed by atoms with van der Waals surface area (Å²) in [6.45, 7) is 6.36. The summed E-state index contributed by atoms with van der Waals surface area (Å²) >= 11 is 5.88. The molecule has 0 spiro atoms. The number of hydrogen-bond donors (Lipinski definition) is 0. The Morgan fingerprint density at radius 1 is 0.786 bits per heavy atom. The van der Waals surface area contributed by atoms with Gasteiger partial charge in [-0.15, -0.1) is 0 Å². The fraction of sp³-hybridized carbons (Fsp3) is 1.00. The molecule has 86 valence electrons. The predicted octanol–water partition coefficient (Wildman–Crippen LogP) is 4.60. The minimum Gasteiger partial charge on any atom is -0.220 e. The Hall–Kier alpha value is 0.250. The zero-order chi connectivity index (χ0) is 10.6. The van der Waals surface area contributed by atoms with Crippen molar-refractivity contribution in [3.63, 3.8) is 0 Å². The van der Waals surface area contributed by atoms with Crippen LogP contribution < -0.4 is 0 Å². The van der Waals surface area contributed by atoms with Gasteiger partial charge in [-0.3, -0.25) is 0 Å². The topological polar surface area (TPSA) is 3.24 Å². The van der Waals surface area contributed by atoms with E-state index >= 15 is 0 Å². The molecule has 0 aromatic rings. The lowest BCUT2D eigenvalue weighted by atomic mass is 10.1. The van der Waals surface area contributed by atoms with Crippen LogP contribution in [0.3, 0.4) is 0 Å². The largest absolute Gasteiger partial charge is 0.220 e. The molecule has 1 nitrogen and oxygen atoms in total. The van der Waals surface area contributed by atoms with E-state index in [9.17, 15) is 0 Å². The highest BCUT2D eigenvalue weighted by Gasteiger charge is 1.96. The van der Waals surface area contributed by atoms with Gasteiger partial charge < -0.3 is 0 Å². The van der Waals surface area contributed by atoms with Gasteiger partial charge in [0.2, 0.25) is 0 Å². The van der Waals surface area contributed by atoms with Crippen LogP contribution in [-0.2, 0) is 0 Å². The molecular weight excluding hydrogens is 194 g/mol. The Labute approximate surface area is 94.9 Å². The molecule has 0 atom stereocenters. The molecule has 0 aliphatic carbocycles. The summed E-state index contributed by atoms with van der Waals surface area (Å²) < 4.78 is 1.87. The van der Waals surface area contributed by atoms with Crippen molar-refractivity contribution in [2.24, 2.45) is 0 Å². The first-order valence-corrected chi connectivity index (χ1v) is 6.55. The first-order valence-electron chi connectivity index (χ1n) is 6.22. The molecule has 0 aromatic carbocycles. The van der Waals surface area contributed by atoms with Gasteiger partial charge in [-0.25, -0.2) is 4.42 Å². The van der Waals surface area contributed by atoms with Crippen LogP contribution in [0.1, 0.15) is 65.2 Å². The molecule has 2 heteroatoms. The summed E-state index contributed by atoms with van der Waals surface area (Å²) in [4.78, 5) is 0. The van der Waals surface area contributed by atoms with E-state index in [0.717, 1.165) is 13.1 Å². The summed E-state index contributed by atoms with van der Waals surface area (Å²) in [5.74, 6) is 0. The Balaban J connectivity index is 2.92. The van der Waals surface area contributed by atoms with Crippen molar-refractivity contribution in [3.8, 4) is 0 Å². The molecule has 0 saturated carbocycles. The standard InChI is InChI=1S/C12H26ClN/c1-3-5-6-7-8-9-10-11-12-14(13)4-2/h3-12H2,1-2H3. The highest BCUT2D eigenvalue weighted by Crippen LogP contribution is 2.09. The van der Waals surface area contributed by atoms with Crippen molar-refractivity contribution < 1.29 is 0 Å². The second-order valence-corrected chi connectivity index (χ2v) is 4.46. The minimum absolute atomic E-state index is 0.956. The lowest BCUT2D eigenvalue weighted by molar-refractivity contribution is 0.448. The van der Waals surface area contributed by atoms with Gasteiger partial charge in [0.1, 0.15) is 0 Å². The van der Waals surface area contributed by atoms with Crippen LogP contribution in [0.25, 0.3) is 0 Å². The molecule has 0 aliphatic rings. The van der Waals surface area contributed by atoms with E-state index < -0.39 is 0 Å². The van der Waals surface area contributed by atoms with Crippen LogP contribution in [0.15, 0.2) is 0 Å². The average molecular weight is 220 g/mol. The van der Waals surface area contributed by atoms with Crippen LogP contribution in [0.5, 0.6) is 0 Å². The van der Waals surface area contributed by atoms with E-state index in [1.54, 1.807) is 0 Å². The normalized spacial score (nSPS) is 11.1. The van der Waals surface area contributed by atoms with E-state index in [0.29, 0.717) is 0 Å². The predicted molar refractivity (Wildman–Crippen MR) is 65.7 cm³/mol. The van der Waals surface area contributed by atoms with E-state index in [1.807, 2.05) is 4.42 Å². The summed E-state index contributed by atoms with van der Waals surface area (Å²) in [6, 6.07) is 0. The Morgan fingerprint density at radius 3 is 1.79 bits per heavy atom. The maximum atomic E-state index is 5.88. The van der Waals surface area contributed by atoms with Gasteiger partial charge >= 0.3 is 0 Å².